The Kier molecular flexibility index (Phi) is 5.89. The highest BCUT2D eigenvalue weighted by atomic mass is 19.1. The molecule has 1 aliphatic carbocycles. The molecular formula is C26H30FN5O6. The van der Waals surface area contributed by atoms with Gasteiger partial charge in [-0.2, -0.15) is 0 Å². The van der Waals surface area contributed by atoms with E-state index in [4.69, 9.17) is 9.26 Å². The third kappa shape index (κ3) is 3.68. The Labute approximate surface area is 217 Å². The van der Waals surface area contributed by atoms with E-state index in [9.17, 15) is 19.2 Å². The summed E-state index contributed by atoms with van der Waals surface area (Å²) in [5.74, 6) is -2.33. The number of halogens is 1. The van der Waals surface area contributed by atoms with Crippen molar-refractivity contribution >= 4 is 40.4 Å². The molecule has 0 bridgehead atoms. The summed E-state index contributed by atoms with van der Waals surface area (Å²) in [6.45, 7) is 4.24. The van der Waals surface area contributed by atoms with Gasteiger partial charge in [0, 0.05) is 19.5 Å². The van der Waals surface area contributed by atoms with E-state index >= 15 is 4.39 Å². The molecule has 2 aromatic rings. The van der Waals surface area contributed by atoms with Gasteiger partial charge in [-0.15, -0.1) is 0 Å². The van der Waals surface area contributed by atoms with Crippen LogP contribution in [0.4, 0.5) is 14.9 Å². The minimum absolute atomic E-state index is 0.0508. The van der Waals surface area contributed by atoms with E-state index in [0.29, 0.717) is 18.0 Å². The van der Waals surface area contributed by atoms with Gasteiger partial charge in [-0.1, -0.05) is 24.4 Å². The van der Waals surface area contributed by atoms with Gasteiger partial charge in [0.25, 0.3) is 5.91 Å². The van der Waals surface area contributed by atoms with Crippen molar-refractivity contribution in [1.82, 2.24) is 21.1 Å². The minimum atomic E-state index is -1.75. The van der Waals surface area contributed by atoms with Gasteiger partial charge >= 0.3 is 6.03 Å². The largest absolute Gasteiger partial charge is 0.372 e. The molecule has 3 atom stereocenters. The van der Waals surface area contributed by atoms with Crippen LogP contribution in [0.15, 0.2) is 10.6 Å². The summed E-state index contributed by atoms with van der Waals surface area (Å²) < 4.78 is 27.4. The van der Waals surface area contributed by atoms with E-state index in [0.717, 1.165) is 25.7 Å². The fraction of sp³-hybridized carbons (Fsp3) is 0.577. The molecule has 4 aliphatic rings. The van der Waals surface area contributed by atoms with E-state index < -0.39 is 47.1 Å². The molecular weight excluding hydrogens is 497 g/mol. The number of imide groups is 2. The maximum atomic E-state index is 16.1. The normalized spacial score (nSPS) is 27.1. The lowest BCUT2D eigenvalue weighted by Gasteiger charge is -2.55. The maximum Gasteiger partial charge on any atom is 0.328 e. The zero-order valence-electron chi connectivity index (χ0n) is 21.3. The van der Waals surface area contributed by atoms with Crippen molar-refractivity contribution in [3.8, 4) is 0 Å². The number of nitrogens with one attached hydrogen (secondary N) is 3. The number of anilines is 1. The Bertz CT molecular complexity index is 1330. The molecule has 6 rings (SSSR count). The van der Waals surface area contributed by atoms with E-state index in [1.807, 2.05) is 6.92 Å². The zero-order chi connectivity index (χ0) is 26.8. The molecule has 0 radical (unpaired) electrons. The van der Waals surface area contributed by atoms with Gasteiger partial charge in [0.2, 0.25) is 17.4 Å². The lowest BCUT2D eigenvalue weighted by molar-refractivity contribution is -0.153. The fourth-order valence-corrected chi connectivity index (χ4v) is 6.82. The Morgan fingerprint density at radius 1 is 1.18 bits per heavy atom. The number of hydrogen-bond acceptors (Lipinski definition) is 8. The molecule has 3 aliphatic heterocycles. The molecule has 38 heavy (non-hydrogen) atoms. The summed E-state index contributed by atoms with van der Waals surface area (Å²) in [7, 11) is 0. The quantitative estimate of drug-likeness (QED) is 0.516. The fourth-order valence-electron chi connectivity index (χ4n) is 6.82. The topological polar surface area (TPSA) is 143 Å². The van der Waals surface area contributed by atoms with Crippen LogP contribution in [0, 0.1) is 17.2 Å². The number of morpholine rings is 1. The summed E-state index contributed by atoms with van der Waals surface area (Å²) in [6, 6.07) is -0.217. The molecule has 11 nitrogen and oxygen atoms in total. The van der Waals surface area contributed by atoms with Crippen LogP contribution >= 0.6 is 0 Å². The van der Waals surface area contributed by atoms with E-state index in [1.54, 1.807) is 17.9 Å². The van der Waals surface area contributed by atoms with Crippen molar-refractivity contribution in [3.05, 3.63) is 23.1 Å². The number of benzene rings is 1. The van der Waals surface area contributed by atoms with E-state index in [1.165, 1.54) is 6.42 Å². The summed E-state index contributed by atoms with van der Waals surface area (Å²) in [6.07, 6.45) is 4.42. The van der Waals surface area contributed by atoms with Crippen LogP contribution in [-0.2, 0) is 20.7 Å². The van der Waals surface area contributed by atoms with Crippen molar-refractivity contribution in [1.29, 1.82) is 0 Å². The smallest absolute Gasteiger partial charge is 0.328 e. The van der Waals surface area contributed by atoms with Crippen molar-refractivity contribution in [2.45, 2.75) is 70.6 Å². The molecule has 4 heterocycles. The number of rotatable bonds is 3. The second-order valence-corrected chi connectivity index (χ2v) is 11.0. The Morgan fingerprint density at radius 2 is 1.89 bits per heavy atom. The third-order valence-electron chi connectivity index (χ3n) is 8.46. The van der Waals surface area contributed by atoms with Gasteiger partial charge in [-0.25, -0.2) is 9.18 Å². The predicted octanol–water partition coefficient (Wildman–Crippen LogP) is 2.17. The number of hydrogen-bond donors (Lipinski definition) is 3. The van der Waals surface area contributed by atoms with Crippen LogP contribution < -0.4 is 20.9 Å². The number of aromatic nitrogens is 1. The van der Waals surface area contributed by atoms with Crippen LogP contribution in [0.25, 0.3) is 11.0 Å². The Balaban J connectivity index is 1.43. The number of amides is 5. The van der Waals surface area contributed by atoms with Crippen LogP contribution in [0.5, 0.6) is 0 Å². The number of fused-ring (bicyclic) bond motifs is 5. The third-order valence-corrected chi connectivity index (χ3v) is 8.46. The Hall–Kier alpha value is -3.54. The first-order valence-electron chi connectivity index (χ1n) is 13.2. The predicted molar refractivity (Wildman–Crippen MR) is 132 cm³/mol. The molecule has 3 N–H and O–H groups in total. The Morgan fingerprint density at radius 3 is 2.61 bits per heavy atom. The van der Waals surface area contributed by atoms with E-state index in [2.05, 4.69) is 21.1 Å². The number of ether oxygens (including phenoxy) is 1. The highest BCUT2D eigenvalue weighted by molar-refractivity contribution is 6.20. The van der Waals surface area contributed by atoms with Crippen LogP contribution in [0.1, 0.15) is 62.0 Å². The van der Waals surface area contributed by atoms with Gasteiger partial charge in [0.05, 0.1) is 29.3 Å². The highest BCUT2D eigenvalue weighted by Gasteiger charge is 2.63. The molecule has 202 valence electrons. The lowest BCUT2D eigenvalue weighted by atomic mass is 9.66. The molecule has 1 saturated carbocycles. The first kappa shape index (κ1) is 24.8. The number of nitrogens with zero attached hydrogens (tertiary/aromatic N) is 2. The molecule has 3 fully saturated rings. The first-order valence-corrected chi connectivity index (χ1v) is 13.2. The summed E-state index contributed by atoms with van der Waals surface area (Å²) >= 11 is 0. The summed E-state index contributed by atoms with van der Waals surface area (Å²) in [5.41, 5.74) is -1.44. The van der Waals surface area contributed by atoms with Crippen molar-refractivity contribution in [3.63, 3.8) is 0 Å². The molecule has 2 saturated heterocycles. The maximum absolute atomic E-state index is 16.1. The minimum Gasteiger partial charge on any atom is -0.372 e. The average molecular weight is 528 g/mol. The van der Waals surface area contributed by atoms with Gasteiger partial charge < -0.3 is 19.5 Å². The summed E-state index contributed by atoms with van der Waals surface area (Å²) in [5, 5.41) is 11.4. The number of carbonyl (C=O) groups excluding carboxylic acids is 4. The number of carbonyl (C=O) groups is 4. The van der Waals surface area contributed by atoms with Crippen LogP contribution in [-0.4, -0.2) is 60.2 Å². The van der Waals surface area contributed by atoms with Crippen LogP contribution in [0.2, 0.25) is 0 Å². The molecule has 5 amide bonds. The molecule has 1 aromatic heterocycles. The van der Waals surface area contributed by atoms with Crippen molar-refractivity contribution < 1.29 is 32.8 Å². The van der Waals surface area contributed by atoms with Crippen molar-refractivity contribution in [2.75, 3.05) is 18.0 Å². The first-order chi connectivity index (χ1) is 18.2. The molecule has 12 heteroatoms. The van der Waals surface area contributed by atoms with Crippen molar-refractivity contribution in [2.24, 2.45) is 11.3 Å². The highest BCUT2D eigenvalue weighted by Crippen LogP contribution is 2.49. The lowest BCUT2D eigenvalue weighted by Crippen LogP contribution is -2.75. The van der Waals surface area contributed by atoms with Gasteiger partial charge in [-0.3, -0.25) is 25.0 Å². The molecule has 1 spiro atoms. The molecule has 1 aromatic carbocycles. The monoisotopic (exact) mass is 527 g/mol. The van der Waals surface area contributed by atoms with E-state index in [-0.39, 0.29) is 41.4 Å². The SMILES string of the molecule is C[C@@H]1CN2c3c(cc4c(C(=O)NCC5CCCCC5)noc4c3F)CC3(C(=O)NC(=O)NC3=O)[C@H]2[C@H](C)O1. The van der Waals surface area contributed by atoms with Gasteiger partial charge in [-0.05, 0) is 44.2 Å². The standard InChI is InChI=1S/C26H30FN5O6/c1-12-11-32-19-15(9-26(21(32)13(2)37-12)23(34)29-25(36)30-24(26)35)8-16-18(31-38-20(16)17(19)27)22(33)28-10-14-6-4-3-5-7-14/h8,12-14,21H,3-7,9-11H2,1-2H3,(H,28,33)(H2,29,30,34,35,36)/t12-,13+,21-/m1/s1. The number of urea groups is 1. The zero-order valence-corrected chi connectivity index (χ0v) is 21.3. The molecule has 0 unspecified atom stereocenters. The summed E-state index contributed by atoms with van der Waals surface area (Å²) in [4.78, 5) is 53.3. The average Bonchev–Trinajstić information content (AvgIpc) is 3.30. The second-order valence-electron chi connectivity index (χ2n) is 11.0. The second kappa shape index (κ2) is 9.04. The van der Waals surface area contributed by atoms with Gasteiger partial charge in [0.1, 0.15) is 0 Å². The number of barbiturate groups is 1. The van der Waals surface area contributed by atoms with Gasteiger partial charge in [0.15, 0.2) is 16.9 Å². The van der Waals surface area contributed by atoms with Crippen LogP contribution in [0.3, 0.4) is 0 Å².